The zero-order valence-electron chi connectivity index (χ0n) is 11.0. The van der Waals surface area contributed by atoms with Crippen LogP contribution < -0.4 is 5.56 Å². The van der Waals surface area contributed by atoms with Gasteiger partial charge in [-0.05, 0) is 24.5 Å². The summed E-state index contributed by atoms with van der Waals surface area (Å²) in [5.74, 6) is -0.244. The van der Waals surface area contributed by atoms with E-state index in [1.807, 2.05) is 6.92 Å². The Hall–Kier alpha value is -1.58. The van der Waals surface area contributed by atoms with E-state index in [2.05, 4.69) is 11.9 Å². The molecule has 0 bridgehead atoms. The highest BCUT2D eigenvalue weighted by Crippen LogP contribution is 2.10. The molecule has 1 aromatic heterocycles. The van der Waals surface area contributed by atoms with Gasteiger partial charge in [0.15, 0.2) is 0 Å². The van der Waals surface area contributed by atoms with Gasteiger partial charge in [-0.15, -0.1) is 0 Å². The van der Waals surface area contributed by atoms with Gasteiger partial charge in [0.25, 0.3) is 11.5 Å². The predicted octanol–water partition coefficient (Wildman–Crippen LogP) is 1.59. The maximum Gasteiger partial charge on any atom is 0.261 e. The number of carbonyl (C=O) groups excluding carboxylic acids is 1. The van der Waals surface area contributed by atoms with E-state index in [-0.39, 0.29) is 17.0 Å². The van der Waals surface area contributed by atoms with Crippen molar-refractivity contribution in [2.24, 2.45) is 0 Å². The average Bonchev–Trinajstić information content (AvgIpc) is 2.30. The van der Waals surface area contributed by atoms with E-state index >= 15 is 0 Å². The quantitative estimate of drug-likeness (QED) is 0.863. The number of rotatable bonds is 4. The minimum Gasteiger partial charge on any atom is -0.345 e. The van der Waals surface area contributed by atoms with Crippen LogP contribution in [0.15, 0.2) is 10.9 Å². The first-order valence-electron chi connectivity index (χ1n) is 5.97. The minimum atomic E-state index is -0.291. The summed E-state index contributed by atoms with van der Waals surface area (Å²) in [6.45, 7) is 4.08. The Morgan fingerprint density at radius 1 is 1.35 bits per heavy atom. The van der Waals surface area contributed by atoms with E-state index in [1.54, 1.807) is 20.2 Å². The molecule has 0 fully saturated rings. The van der Waals surface area contributed by atoms with Crippen LogP contribution in [-0.4, -0.2) is 29.9 Å². The molecular weight excluding hydrogens is 216 g/mol. The summed E-state index contributed by atoms with van der Waals surface area (Å²) < 4.78 is 0. The van der Waals surface area contributed by atoms with Crippen LogP contribution in [0, 0.1) is 0 Å². The third-order valence-electron chi connectivity index (χ3n) is 2.72. The van der Waals surface area contributed by atoms with E-state index in [1.165, 1.54) is 4.90 Å². The number of nitrogens with zero attached hydrogens (tertiary/aromatic N) is 1. The normalized spacial score (nSPS) is 10.4. The van der Waals surface area contributed by atoms with Crippen LogP contribution in [0.3, 0.4) is 0 Å². The monoisotopic (exact) mass is 236 g/mol. The highest BCUT2D eigenvalue weighted by Gasteiger charge is 2.15. The van der Waals surface area contributed by atoms with Crippen LogP contribution in [0.5, 0.6) is 0 Å². The predicted molar refractivity (Wildman–Crippen MR) is 68.5 cm³/mol. The van der Waals surface area contributed by atoms with Gasteiger partial charge < -0.3 is 9.88 Å². The average molecular weight is 236 g/mol. The molecule has 4 nitrogen and oxygen atoms in total. The summed E-state index contributed by atoms with van der Waals surface area (Å²) in [6.07, 6.45) is 2.66. The number of nitrogens with one attached hydrogen (secondary N) is 1. The second-order valence-electron chi connectivity index (χ2n) is 4.32. The third-order valence-corrected chi connectivity index (χ3v) is 2.72. The second-order valence-corrected chi connectivity index (χ2v) is 4.32. The van der Waals surface area contributed by atoms with E-state index in [4.69, 9.17) is 0 Å². The van der Waals surface area contributed by atoms with Crippen molar-refractivity contribution in [1.29, 1.82) is 0 Å². The van der Waals surface area contributed by atoms with Crippen LogP contribution in [0.4, 0.5) is 0 Å². The molecule has 0 saturated carbocycles. The fraction of sp³-hybridized carbons (Fsp3) is 0.538. The van der Waals surface area contributed by atoms with Crippen LogP contribution >= 0.6 is 0 Å². The van der Waals surface area contributed by atoms with Crippen molar-refractivity contribution in [3.63, 3.8) is 0 Å². The van der Waals surface area contributed by atoms with Crippen molar-refractivity contribution >= 4 is 5.91 Å². The summed E-state index contributed by atoms with van der Waals surface area (Å²) in [4.78, 5) is 27.9. The molecule has 4 heteroatoms. The Morgan fingerprint density at radius 3 is 2.47 bits per heavy atom. The van der Waals surface area contributed by atoms with E-state index in [0.29, 0.717) is 0 Å². The lowest BCUT2D eigenvalue weighted by Gasteiger charge is -2.12. The summed E-state index contributed by atoms with van der Waals surface area (Å²) in [6, 6.07) is 1.74. The summed E-state index contributed by atoms with van der Waals surface area (Å²) >= 11 is 0. The standard InChI is InChI=1S/C13H20N2O2/c1-5-7-9-8-10(13(17)15(3)4)12(16)14-11(9)6-2/h8H,5-7H2,1-4H3,(H,14,16). The highest BCUT2D eigenvalue weighted by molar-refractivity contribution is 5.93. The lowest BCUT2D eigenvalue weighted by atomic mass is 10.0. The molecule has 0 atom stereocenters. The van der Waals surface area contributed by atoms with Gasteiger partial charge in [0.1, 0.15) is 5.56 Å². The molecule has 0 aliphatic heterocycles. The van der Waals surface area contributed by atoms with Gasteiger partial charge in [0, 0.05) is 19.8 Å². The van der Waals surface area contributed by atoms with Gasteiger partial charge in [-0.25, -0.2) is 0 Å². The Balaban J connectivity index is 3.29. The Kier molecular flexibility index (Phi) is 4.49. The first-order chi connectivity index (χ1) is 8.01. The van der Waals surface area contributed by atoms with Gasteiger partial charge in [-0.1, -0.05) is 20.3 Å². The number of carbonyl (C=O) groups is 1. The fourth-order valence-corrected chi connectivity index (χ4v) is 1.82. The number of amides is 1. The highest BCUT2D eigenvalue weighted by atomic mass is 16.2. The SMILES string of the molecule is CCCc1cc(C(=O)N(C)C)c(=O)[nH]c1CC. The maximum atomic E-state index is 11.8. The summed E-state index contributed by atoms with van der Waals surface area (Å²) in [7, 11) is 3.30. The summed E-state index contributed by atoms with van der Waals surface area (Å²) in [5, 5.41) is 0. The number of H-pyrrole nitrogens is 1. The van der Waals surface area contributed by atoms with Crippen molar-refractivity contribution in [3.05, 3.63) is 33.2 Å². The number of aromatic amines is 1. The Morgan fingerprint density at radius 2 is 2.00 bits per heavy atom. The second kappa shape index (κ2) is 5.66. The van der Waals surface area contributed by atoms with Crippen molar-refractivity contribution in [3.8, 4) is 0 Å². The zero-order valence-corrected chi connectivity index (χ0v) is 11.0. The molecule has 1 aromatic rings. The fourth-order valence-electron chi connectivity index (χ4n) is 1.82. The van der Waals surface area contributed by atoms with Crippen LogP contribution in [0.1, 0.15) is 41.9 Å². The molecule has 1 amide bonds. The maximum absolute atomic E-state index is 11.8. The third kappa shape index (κ3) is 2.96. The lowest BCUT2D eigenvalue weighted by molar-refractivity contribution is 0.0825. The van der Waals surface area contributed by atoms with Gasteiger partial charge in [-0.3, -0.25) is 9.59 Å². The molecule has 1 rings (SSSR count). The number of hydrogen-bond donors (Lipinski definition) is 1. The molecular formula is C13H20N2O2. The van der Waals surface area contributed by atoms with Crippen LogP contribution in [0.2, 0.25) is 0 Å². The molecule has 94 valence electrons. The lowest BCUT2D eigenvalue weighted by Crippen LogP contribution is -2.29. The first kappa shape index (κ1) is 13.5. The Labute approximate surface area is 102 Å². The van der Waals surface area contributed by atoms with Gasteiger partial charge in [0.2, 0.25) is 0 Å². The molecule has 0 unspecified atom stereocenters. The Bertz CT molecular complexity index is 461. The molecule has 1 heterocycles. The van der Waals surface area contributed by atoms with E-state index < -0.39 is 0 Å². The van der Waals surface area contributed by atoms with Gasteiger partial charge in [-0.2, -0.15) is 0 Å². The molecule has 0 aliphatic carbocycles. The molecule has 0 aromatic carbocycles. The number of pyridine rings is 1. The van der Waals surface area contributed by atoms with Crippen molar-refractivity contribution in [2.75, 3.05) is 14.1 Å². The smallest absolute Gasteiger partial charge is 0.261 e. The number of hydrogen-bond acceptors (Lipinski definition) is 2. The molecule has 1 N–H and O–H groups in total. The molecule has 17 heavy (non-hydrogen) atoms. The molecule has 0 spiro atoms. The summed E-state index contributed by atoms with van der Waals surface area (Å²) in [5.41, 5.74) is 1.95. The van der Waals surface area contributed by atoms with Gasteiger partial charge >= 0.3 is 0 Å². The van der Waals surface area contributed by atoms with E-state index in [9.17, 15) is 9.59 Å². The van der Waals surface area contributed by atoms with Crippen molar-refractivity contribution in [1.82, 2.24) is 9.88 Å². The largest absolute Gasteiger partial charge is 0.345 e. The molecule has 0 aliphatic rings. The van der Waals surface area contributed by atoms with E-state index in [0.717, 1.165) is 30.5 Å². The topological polar surface area (TPSA) is 53.2 Å². The van der Waals surface area contributed by atoms with Crippen molar-refractivity contribution < 1.29 is 4.79 Å². The van der Waals surface area contributed by atoms with Crippen LogP contribution in [0.25, 0.3) is 0 Å². The molecule has 0 saturated heterocycles. The minimum absolute atomic E-state index is 0.232. The number of aryl methyl sites for hydroxylation is 2. The molecule has 0 radical (unpaired) electrons. The van der Waals surface area contributed by atoms with Crippen LogP contribution in [-0.2, 0) is 12.8 Å². The van der Waals surface area contributed by atoms with Crippen molar-refractivity contribution in [2.45, 2.75) is 33.1 Å². The number of aromatic nitrogens is 1. The first-order valence-corrected chi connectivity index (χ1v) is 5.97. The van der Waals surface area contributed by atoms with Gasteiger partial charge in [0.05, 0.1) is 0 Å². The zero-order chi connectivity index (χ0) is 13.0.